The van der Waals surface area contributed by atoms with Crippen molar-refractivity contribution in [1.82, 2.24) is 19.7 Å². The van der Waals surface area contributed by atoms with Crippen molar-refractivity contribution in [3.8, 4) is 17.1 Å². The normalized spacial score (nSPS) is 13.8. The lowest BCUT2D eigenvalue weighted by Crippen LogP contribution is -2.22. The van der Waals surface area contributed by atoms with Crippen molar-refractivity contribution in [2.75, 3.05) is 18.0 Å². The first-order valence-electron chi connectivity index (χ1n) is 10.6. The Morgan fingerprint density at radius 2 is 1.68 bits per heavy atom. The summed E-state index contributed by atoms with van der Waals surface area (Å²) in [6, 6.07) is 18.5. The molecule has 2 aromatic carbocycles. The largest absolute Gasteiger partial charge is 0.441 e. The molecule has 6 nitrogen and oxygen atoms in total. The Morgan fingerprint density at radius 3 is 2.42 bits per heavy atom. The monoisotopic (exact) mass is 431 g/mol. The van der Waals surface area contributed by atoms with Gasteiger partial charge in [0.1, 0.15) is 5.76 Å². The molecule has 5 rings (SSSR count). The second-order valence-electron chi connectivity index (χ2n) is 7.82. The quantitative estimate of drug-likeness (QED) is 0.379. The van der Waals surface area contributed by atoms with Crippen molar-refractivity contribution in [2.45, 2.75) is 37.6 Å². The van der Waals surface area contributed by atoms with E-state index < -0.39 is 0 Å². The number of rotatable bonds is 6. The zero-order valence-electron chi connectivity index (χ0n) is 17.8. The van der Waals surface area contributed by atoms with Gasteiger partial charge in [0.15, 0.2) is 5.16 Å². The summed E-state index contributed by atoms with van der Waals surface area (Å²) >= 11 is 1.64. The third kappa shape index (κ3) is 4.10. The highest BCUT2D eigenvalue weighted by Crippen LogP contribution is 2.32. The van der Waals surface area contributed by atoms with Crippen molar-refractivity contribution in [3.63, 3.8) is 0 Å². The second-order valence-corrected chi connectivity index (χ2v) is 8.77. The molecule has 31 heavy (non-hydrogen) atoms. The van der Waals surface area contributed by atoms with E-state index in [0.29, 0.717) is 11.6 Å². The Kier molecular flexibility index (Phi) is 5.51. The lowest BCUT2D eigenvalue weighted by Gasteiger charge is -2.18. The standard InChI is InChI=1S/C24H25N5OS/c1-17-10-12-20(13-11-17)29-23(28-14-6-7-15-28)26-27-24(29)31-16-21-18(2)30-22(25-21)19-8-4-3-5-9-19/h3-5,8-13H,6-7,14-16H2,1-2H3. The SMILES string of the molecule is Cc1ccc(-n2c(SCc3nc(-c4ccccc4)oc3C)nnc2N2CCCC2)cc1. The van der Waals surface area contributed by atoms with E-state index in [4.69, 9.17) is 9.40 Å². The Balaban J connectivity index is 1.43. The summed E-state index contributed by atoms with van der Waals surface area (Å²) in [5, 5.41) is 9.97. The number of nitrogens with zero attached hydrogens (tertiary/aromatic N) is 5. The highest BCUT2D eigenvalue weighted by molar-refractivity contribution is 7.98. The van der Waals surface area contributed by atoms with Crippen LogP contribution in [0.1, 0.15) is 29.9 Å². The molecule has 0 spiro atoms. The van der Waals surface area contributed by atoms with Crippen LogP contribution in [0.3, 0.4) is 0 Å². The van der Waals surface area contributed by atoms with E-state index in [1.807, 2.05) is 37.3 Å². The Labute approximate surface area is 186 Å². The Hall–Kier alpha value is -3.06. The molecule has 1 aliphatic rings. The number of aromatic nitrogens is 4. The summed E-state index contributed by atoms with van der Waals surface area (Å²) in [5.41, 5.74) is 4.24. The van der Waals surface area contributed by atoms with Gasteiger partial charge in [-0.1, -0.05) is 47.7 Å². The summed E-state index contributed by atoms with van der Waals surface area (Å²) in [4.78, 5) is 7.06. The summed E-state index contributed by atoms with van der Waals surface area (Å²) < 4.78 is 8.10. The van der Waals surface area contributed by atoms with Crippen molar-refractivity contribution in [1.29, 1.82) is 0 Å². The molecule has 0 saturated carbocycles. The molecular formula is C24H25N5OS. The van der Waals surface area contributed by atoms with E-state index in [9.17, 15) is 0 Å². The summed E-state index contributed by atoms with van der Waals surface area (Å²) in [6.45, 7) is 6.12. The fourth-order valence-electron chi connectivity index (χ4n) is 3.80. The highest BCUT2D eigenvalue weighted by atomic mass is 32.2. The Morgan fingerprint density at radius 1 is 0.935 bits per heavy atom. The molecular weight excluding hydrogens is 406 g/mol. The average Bonchev–Trinajstić information content (AvgIpc) is 3.53. The van der Waals surface area contributed by atoms with Crippen molar-refractivity contribution >= 4 is 17.7 Å². The van der Waals surface area contributed by atoms with Gasteiger partial charge >= 0.3 is 0 Å². The van der Waals surface area contributed by atoms with Gasteiger partial charge in [-0.2, -0.15) is 0 Å². The lowest BCUT2D eigenvalue weighted by molar-refractivity contribution is 0.540. The zero-order chi connectivity index (χ0) is 21.2. The van der Waals surface area contributed by atoms with Crippen molar-refractivity contribution < 1.29 is 4.42 Å². The number of oxazole rings is 1. The first kappa shape index (κ1) is 19.9. The number of hydrogen-bond acceptors (Lipinski definition) is 6. The van der Waals surface area contributed by atoms with Crippen LogP contribution in [0.5, 0.6) is 0 Å². The average molecular weight is 432 g/mol. The van der Waals surface area contributed by atoms with Crippen molar-refractivity contribution in [2.24, 2.45) is 0 Å². The molecule has 0 aliphatic carbocycles. The van der Waals surface area contributed by atoms with Gasteiger partial charge in [-0.15, -0.1) is 10.2 Å². The molecule has 4 aromatic rings. The van der Waals surface area contributed by atoms with Gasteiger partial charge in [0.2, 0.25) is 11.8 Å². The van der Waals surface area contributed by atoms with E-state index >= 15 is 0 Å². The smallest absolute Gasteiger partial charge is 0.232 e. The molecule has 1 saturated heterocycles. The summed E-state index contributed by atoms with van der Waals surface area (Å²) in [5.74, 6) is 3.09. The number of anilines is 1. The first-order chi connectivity index (χ1) is 15.2. The number of thioether (sulfide) groups is 1. The van der Waals surface area contributed by atoms with E-state index in [-0.39, 0.29) is 0 Å². The molecule has 7 heteroatoms. The van der Waals surface area contributed by atoms with Gasteiger partial charge in [0.05, 0.1) is 11.4 Å². The van der Waals surface area contributed by atoms with Crippen LogP contribution in [0.4, 0.5) is 5.95 Å². The first-order valence-corrected chi connectivity index (χ1v) is 11.6. The topological polar surface area (TPSA) is 60.0 Å². The van der Waals surface area contributed by atoms with Gasteiger partial charge in [0.25, 0.3) is 0 Å². The Bertz CT molecular complexity index is 1160. The molecule has 0 bridgehead atoms. The van der Waals surface area contributed by atoms with Crippen LogP contribution in [0.25, 0.3) is 17.1 Å². The zero-order valence-corrected chi connectivity index (χ0v) is 18.6. The molecule has 0 unspecified atom stereocenters. The van der Waals surface area contributed by atoms with Crippen LogP contribution < -0.4 is 4.90 Å². The van der Waals surface area contributed by atoms with Gasteiger partial charge < -0.3 is 9.32 Å². The maximum Gasteiger partial charge on any atom is 0.232 e. The van der Waals surface area contributed by atoms with Crippen LogP contribution in [-0.2, 0) is 5.75 Å². The molecule has 0 atom stereocenters. The maximum atomic E-state index is 5.93. The molecule has 1 fully saturated rings. The van der Waals surface area contributed by atoms with Crippen LogP contribution in [0.15, 0.2) is 64.2 Å². The van der Waals surface area contributed by atoms with Crippen LogP contribution >= 0.6 is 11.8 Å². The van der Waals surface area contributed by atoms with Crippen molar-refractivity contribution in [3.05, 3.63) is 71.6 Å². The minimum absolute atomic E-state index is 0.659. The molecule has 0 N–H and O–H groups in total. The van der Waals surface area contributed by atoms with Gasteiger partial charge in [-0.05, 0) is 51.0 Å². The fourth-order valence-corrected chi connectivity index (χ4v) is 4.74. The predicted molar refractivity (Wildman–Crippen MR) is 124 cm³/mol. The van der Waals surface area contributed by atoms with Crippen LogP contribution in [0, 0.1) is 13.8 Å². The minimum Gasteiger partial charge on any atom is -0.441 e. The number of aryl methyl sites for hydroxylation is 2. The van der Waals surface area contributed by atoms with Gasteiger partial charge in [0, 0.05) is 24.4 Å². The molecule has 158 valence electrons. The third-order valence-electron chi connectivity index (χ3n) is 5.55. The summed E-state index contributed by atoms with van der Waals surface area (Å²) in [6.07, 6.45) is 2.40. The molecule has 1 aliphatic heterocycles. The van der Waals surface area contributed by atoms with E-state index in [2.05, 4.69) is 50.9 Å². The highest BCUT2D eigenvalue weighted by Gasteiger charge is 2.23. The molecule has 0 amide bonds. The lowest BCUT2D eigenvalue weighted by atomic mass is 10.2. The van der Waals surface area contributed by atoms with Gasteiger partial charge in [-0.3, -0.25) is 4.57 Å². The van der Waals surface area contributed by atoms with Crippen LogP contribution in [-0.4, -0.2) is 32.8 Å². The van der Waals surface area contributed by atoms with Crippen LogP contribution in [0.2, 0.25) is 0 Å². The number of benzene rings is 2. The molecule has 2 aromatic heterocycles. The van der Waals surface area contributed by atoms with E-state index in [1.54, 1.807) is 11.8 Å². The summed E-state index contributed by atoms with van der Waals surface area (Å²) in [7, 11) is 0. The van der Waals surface area contributed by atoms with E-state index in [0.717, 1.165) is 46.9 Å². The second kappa shape index (κ2) is 8.59. The maximum absolute atomic E-state index is 5.93. The predicted octanol–water partition coefficient (Wildman–Crippen LogP) is 5.43. The molecule has 3 heterocycles. The van der Waals surface area contributed by atoms with E-state index in [1.165, 1.54) is 18.4 Å². The fraction of sp³-hybridized carbons (Fsp3) is 0.292. The minimum atomic E-state index is 0.659. The number of hydrogen-bond donors (Lipinski definition) is 0. The molecule has 0 radical (unpaired) electrons. The van der Waals surface area contributed by atoms with Gasteiger partial charge in [-0.25, -0.2) is 4.98 Å². The third-order valence-corrected chi connectivity index (χ3v) is 6.49.